The van der Waals surface area contributed by atoms with Gasteiger partial charge in [0.15, 0.2) is 0 Å². The molecule has 2 heterocycles. The van der Waals surface area contributed by atoms with Crippen molar-refractivity contribution in [3.63, 3.8) is 0 Å². The minimum atomic E-state index is -3.59. The van der Waals surface area contributed by atoms with Gasteiger partial charge in [-0.05, 0) is 43.2 Å². The lowest BCUT2D eigenvalue weighted by Gasteiger charge is -2.25. The molecular weight excluding hydrogens is 420 g/mol. The Labute approximate surface area is 181 Å². The van der Waals surface area contributed by atoms with E-state index in [0.29, 0.717) is 13.1 Å². The van der Waals surface area contributed by atoms with Gasteiger partial charge in [-0.2, -0.15) is 4.31 Å². The molecule has 0 radical (unpaired) electrons. The van der Waals surface area contributed by atoms with Crippen molar-refractivity contribution < 1.29 is 18.0 Å². The monoisotopic (exact) mass is 446 g/mol. The van der Waals surface area contributed by atoms with Crippen LogP contribution in [0.25, 0.3) is 0 Å². The highest BCUT2D eigenvalue weighted by Crippen LogP contribution is 2.21. The van der Waals surface area contributed by atoms with Gasteiger partial charge in [0, 0.05) is 46.0 Å². The number of nitrogens with one attached hydrogen (secondary N) is 1. The maximum absolute atomic E-state index is 12.7. The number of anilines is 1. The number of hydrogen-bond donors (Lipinski definition) is 1. The van der Waals surface area contributed by atoms with Crippen LogP contribution < -0.4 is 10.9 Å². The highest BCUT2D eigenvalue weighted by molar-refractivity contribution is 7.89. The Morgan fingerprint density at radius 1 is 1.00 bits per heavy atom. The summed E-state index contributed by atoms with van der Waals surface area (Å²) in [5.41, 5.74) is -0.0486. The minimum absolute atomic E-state index is 0.0368. The first-order valence-corrected chi connectivity index (χ1v) is 11.4. The van der Waals surface area contributed by atoms with E-state index >= 15 is 0 Å². The molecular formula is C21H26N4O5S. The number of sulfonamides is 1. The lowest BCUT2D eigenvalue weighted by atomic mass is 10.2. The predicted molar refractivity (Wildman–Crippen MR) is 117 cm³/mol. The fourth-order valence-electron chi connectivity index (χ4n) is 3.40. The average Bonchev–Trinajstić information content (AvgIpc) is 2.76. The largest absolute Gasteiger partial charge is 0.345 e. The number of piperidine rings is 1. The van der Waals surface area contributed by atoms with E-state index in [4.69, 9.17) is 0 Å². The molecule has 0 saturated carbocycles. The van der Waals surface area contributed by atoms with Crippen LogP contribution in [-0.4, -0.2) is 61.2 Å². The molecule has 1 aromatic heterocycles. The number of benzene rings is 1. The normalized spacial score (nSPS) is 14.8. The van der Waals surface area contributed by atoms with Gasteiger partial charge in [-0.3, -0.25) is 14.4 Å². The van der Waals surface area contributed by atoms with E-state index in [1.165, 1.54) is 57.3 Å². The van der Waals surface area contributed by atoms with Crippen LogP contribution in [0.5, 0.6) is 0 Å². The van der Waals surface area contributed by atoms with Gasteiger partial charge in [-0.1, -0.05) is 6.42 Å². The number of aromatic nitrogens is 1. The topological polar surface area (TPSA) is 109 Å². The molecule has 0 spiro atoms. The molecule has 1 aliphatic heterocycles. The summed E-state index contributed by atoms with van der Waals surface area (Å²) in [5.74, 6) is -0.883. The van der Waals surface area contributed by atoms with Crippen molar-refractivity contribution in [1.82, 2.24) is 13.8 Å². The smallest absolute Gasteiger partial charge is 0.274 e. The second-order valence-electron chi connectivity index (χ2n) is 7.70. The van der Waals surface area contributed by atoms with Gasteiger partial charge >= 0.3 is 0 Å². The van der Waals surface area contributed by atoms with E-state index in [0.717, 1.165) is 19.3 Å². The van der Waals surface area contributed by atoms with E-state index in [9.17, 15) is 22.8 Å². The number of amides is 2. The van der Waals surface area contributed by atoms with Crippen LogP contribution >= 0.6 is 0 Å². The fraction of sp³-hybridized carbons (Fsp3) is 0.381. The van der Waals surface area contributed by atoms with E-state index in [1.54, 1.807) is 14.1 Å². The van der Waals surface area contributed by atoms with Crippen molar-refractivity contribution in [2.45, 2.75) is 24.2 Å². The summed E-state index contributed by atoms with van der Waals surface area (Å²) in [6.07, 6.45) is 4.10. The van der Waals surface area contributed by atoms with Gasteiger partial charge in [0.25, 0.3) is 17.4 Å². The Morgan fingerprint density at radius 2 is 1.61 bits per heavy atom. The van der Waals surface area contributed by atoms with Crippen LogP contribution in [0.3, 0.4) is 0 Å². The molecule has 1 saturated heterocycles. The number of carbonyl (C=O) groups is 2. The number of pyridine rings is 1. The van der Waals surface area contributed by atoms with Crippen molar-refractivity contribution in [3.05, 3.63) is 58.0 Å². The van der Waals surface area contributed by atoms with Crippen molar-refractivity contribution in [2.75, 3.05) is 32.5 Å². The molecule has 166 valence electrons. The first-order chi connectivity index (χ1) is 14.6. The number of aryl methyl sites for hydroxylation is 1. The molecule has 1 aliphatic rings. The molecule has 1 N–H and O–H groups in total. The summed E-state index contributed by atoms with van der Waals surface area (Å²) in [7, 11) is 1.07. The molecule has 2 amide bonds. The Bertz CT molecular complexity index is 1150. The van der Waals surface area contributed by atoms with Crippen LogP contribution in [0.15, 0.2) is 46.2 Å². The SMILES string of the molecule is CN(C)C(=O)c1cc(NC(=O)c2ccc(S(=O)(=O)N3CCCCC3)cc2)c(=O)n(C)c1. The van der Waals surface area contributed by atoms with Crippen LogP contribution in [0.2, 0.25) is 0 Å². The molecule has 10 heteroatoms. The van der Waals surface area contributed by atoms with Crippen molar-refractivity contribution in [3.8, 4) is 0 Å². The summed E-state index contributed by atoms with van der Waals surface area (Å²) in [4.78, 5) is 38.7. The fourth-order valence-corrected chi connectivity index (χ4v) is 4.92. The Balaban J connectivity index is 1.81. The quantitative estimate of drug-likeness (QED) is 0.749. The van der Waals surface area contributed by atoms with Crippen molar-refractivity contribution in [1.29, 1.82) is 0 Å². The van der Waals surface area contributed by atoms with E-state index in [2.05, 4.69) is 5.32 Å². The zero-order chi connectivity index (χ0) is 22.8. The molecule has 0 aliphatic carbocycles. The second-order valence-corrected chi connectivity index (χ2v) is 9.64. The zero-order valence-corrected chi connectivity index (χ0v) is 18.6. The minimum Gasteiger partial charge on any atom is -0.345 e. The third-order valence-electron chi connectivity index (χ3n) is 5.15. The van der Waals surface area contributed by atoms with Crippen LogP contribution in [0.4, 0.5) is 5.69 Å². The van der Waals surface area contributed by atoms with Gasteiger partial charge in [0.1, 0.15) is 5.69 Å². The molecule has 1 aromatic carbocycles. The Kier molecular flexibility index (Phi) is 6.61. The molecule has 2 aromatic rings. The highest BCUT2D eigenvalue weighted by Gasteiger charge is 2.26. The van der Waals surface area contributed by atoms with Crippen molar-refractivity contribution in [2.24, 2.45) is 7.05 Å². The maximum Gasteiger partial charge on any atom is 0.274 e. The Morgan fingerprint density at radius 3 is 2.19 bits per heavy atom. The summed E-state index contributed by atoms with van der Waals surface area (Å²) >= 11 is 0. The first-order valence-electron chi connectivity index (χ1n) is 9.95. The number of nitrogens with zero attached hydrogens (tertiary/aromatic N) is 3. The molecule has 31 heavy (non-hydrogen) atoms. The van der Waals surface area contributed by atoms with Crippen LogP contribution in [0, 0.1) is 0 Å². The molecule has 0 bridgehead atoms. The maximum atomic E-state index is 12.7. The highest BCUT2D eigenvalue weighted by atomic mass is 32.2. The zero-order valence-electron chi connectivity index (χ0n) is 17.8. The van der Waals surface area contributed by atoms with Crippen molar-refractivity contribution >= 4 is 27.5 Å². The number of carbonyl (C=O) groups excluding carboxylic acids is 2. The third-order valence-corrected chi connectivity index (χ3v) is 7.07. The molecule has 0 unspecified atom stereocenters. The van der Waals surface area contributed by atoms with Gasteiger partial charge in [0.2, 0.25) is 10.0 Å². The van der Waals surface area contributed by atoms with E-state index in [-0.39, 0.29) is 27.6 Å². The summed E-state index contributed by atoms with van der Waals surface area (Å²) in [6.45, 7) is 0.992. The van der Waals surface area contributed by atoms with Gasteiger partial charge < -0.3 is 14.8 Å². The molecule has 1 fully saturated rings. The predicted octanol–water partition coefficient (Wildman–Crippen LogP) is 1.51. The molecule has 3 rings (SSSR count). The second kappa shape index (κ2) is 9.03. The third kappa shape index (κ3) is 4.86. The summed E-state index contributed by atoms with van der Waals surface area (Å²) in [6, 6.07) is 6.93. The van der Waals surface area contributed by atoms with Gasteiger partial charge in [-0.25, -0.2) is 8.42 Å². The Hall–Kier alpha value is -2.98. The lowest BCUT2D eigenvalue weighted by Crippen LogP contribution is -2.35. The number of hydrogen-bond acceptors (Lipinski definition) is 5. The summed E-state index contributed by atoms with van der Waals surface area (Å²) < 4.78 is 28.2. The standard InChI is InChI=1S/C21H26N4O5S/c1-23(2)20(27)16-13-18(21(28)24(3)14-16)22-19(26)15-7-9-17(10-8-15)31(29,30)25-11-5-4-6-12-25/h7-10,13-14H,4-6,11-12H2,1-3H3,(H,22,26). The molecule has 0 atom stereocenters. The first kappa shape index (κ1) is 22.7. The average molecular weight is 447 g/mol. The van der Waals surface area contributed by atoms with Gasteiger partial charge in [-0.15, -0.1) is 0 Å². The van der Waals surface area contributed by atoms with Gasteiger partial charge in [0.05, 0.1) is 10.5 Å². The number of rotatable bonds is 5. The molecule has 9 nitrogen and oxygen atoms in total. The van der Waals surface area contributed by atoms with E-state index < -0.39 is 21.5 Å². The lowest BCUT2D eigenvalue weighted by molar-refractivity contribution is 0.0826. The summed E-state index contributed by atoms with van der Waals surface area (Å²) in [5, 5.41) is 2.52. The van der Waals surface area contributed by atoms with E-state index in [1.807, 2.05) is 0 Å². The van der Waals surface area contributed by atoms with Crippen LogP contribution in [-0.2, 0) is 17.1 Å². The van der Waals surface area contributed by atoms with Crippen LogP contribution in [0.1, 0.15) is 40.0 Å².